The van der Waals surface area contributed by atoms with Gasteiger partial charge in [0.2, 0.25) is 0 Å². The third-order valence-corrected chi connectivity index (χ3v) is 6.60. The highest BCUT2D eigenvalue weighted by Gasteiger charge is 2.70. The lowest BCUT2D eigenvalue weighted by Gasteiger charge is -2.46. The van der Waals surface area contributed by atoms with Crippen LogP contribution in [0.1, 0.15) is 53.4 Å². The molecule has 1 nitrogen and oxygen atoms in total. The highest BCUT2D eigenvalue weighted by atomic mass is 16.1. The quantitative estimate of drug-likeness (QED) is 0.625. The first-order valence-corrected chi connectivity index (χ1v) is 7.11. The molecule has 0 heterocycles. The van der Waals surface area contributed by atoms with E-state index in [1.54, 1.807) is 0 Å². The third kappa shape index (κ3) is 1.01. The fourth-order valence-corrected chi connectivity index (χ4v) is 5.55. The van der Waals surface area contributed by atoms with Crippen molar-refractivity contribution in [3.05, 3.63) is 12.2 Å². The van der Waals surface area contributed by atoms with Crippen LogP contribution in [0.4, 0.5) is 0 Å². The zero-order chi connectivity index (χ0) is 12.5. The molecule has 1 heteroatoms. The Balaban J connectivity index is 2.12. The first kappa shape index (κ1) is 11.5. The summed E-state index contributed by atoms with van der Waals surface area (Å²) >= 11 is 0. The number of carbonyl (C=O) groups is 1. The van der Waals surface area contributed by atoms with Gasteiger partial charge in [-0.1, -0.05) is 32.9 Å². The van der Waals surface area contributed by atoms with E-state index in [0.29, 0.717) is 5.78 Å². The molecule has 0 aromatic carbocycles. The summed E-state index contributed by atoms with van der Waals surface area (Å²) in [4.78, 5) is 12.3. The second-order valence-corrected chi connectivity index (χ2v) is 7.21. The van der Waals surface area contributed by atoms with E-state index < -0.39 is 0 Å². The Labute approximate surface area is 105 Å². The Morgan fingerprint density at radius 3 is 2.59 bits per heavy atom. The molecule has 0 amide bonds. The molecule has 0 N–H and O–H groups in total. The molecule has 0 aliphatic heterocycles. The summed E-state index contributed by atoms with van der Waals surface area (Å²) < 4.78 is 0. The molecular formula is C16H24O. The minimum atomic E-state index is -0.147. The van der Waals surface area contributed by atoms with Crippen LogP contribution in [0.15, 0.2) is 12.2 Å². The van der Waals surface area contributed by atoms with Gasteiger partial charge in [0.1, 0.15) is 5.78 Å². The van der Waals surface area contributed by atoms with E-state index in [1.807, 2.05) is 0 Å². The molecule has 1 spiro atoms. The molecule has 2 saturated carbocycles. The van der Waals surface area contributed by atoms with Gasteiger partial charge in [-0.05, 0) is 48.9 Å². The van der Waals surface area contributed by atoms with Crippen molar-refractivity contribution >= 4 is 5.78 Å². The zero-order valence-electron chi connectivity index (χ0n) is 11.5. The second kappa shape index (κ2) is 3.05. The predicted octanol–water partition coefficient (Wildman–Crippen LogP) is 3.98. The average Bonchev–Trinajstić information content (AvgIpc) is 2.76. The lowest BCUT2D eigenvalue weighted by Crippen LogP contribution is -2.43. The molecule has 94 valence electrons. The van der Waals surface area contributed by atoms with E-state index in [9.17, 15) is 4.79 Å². The second-order valence-electron chi connectivity index (χ2n) is 7.21. The van der Waals surface area contributed by atoms with Crippen LogP contribution in [0.2, 0.25) is 0 Å². The molecule has 0 unspecified atom stereocenters. The minimum Gasteiger partial charge on any atom is -0.299 e. The Bertz CT molecular complexity index is 408. The monoisotopic (exact) mass is 232 g/mol. The minimum absolute atomic E-state index is 0.147. The van der Waals surface area contributed by atoms with Crippen LogP contribution in [0, 0.1) is 28.1 Å². The number of hydrogen-bond donors (Lipinski definition) is 0. The number of ketones is 1. The Morgan fingerprint density at radius 1 is 1.24 bits per heavy atom. The van der Waals surface area contributed by atoms with Crippen LogP contribution in [-0.2, 0) is 4.79 Å². The molecule has 2 fully saturated rings. The predicted molar refractivity (Wildman–Crippen MR) is 69.6 cm³/mol. The number of hydrogen-bond acceptors (Lipinski definition) is 1. The van der Waals surface area contributed by atoms with Crippen LogP contribution in [0.3, 0.4) is 0 Å². The summed E-state index contributed by atoms with van der Waals surface area (Å²) in [6, 6.07) is 0. The fraction of sp³-hybridized carbons (Fsp3) is 0.812. The van der Waals surface area contributed by atoms with Gasteiger partial charge in [-0.3, -0.25) is 4.79 Å². The largest absolute Gasteiger partial charge is 0.299 e. The maximum absolute atomic E-state index is 12.3. The number of rotatable bonds is 1. The summed E-state index contributed by atoms with van der Waals surface area (Å²) in [5.41, 5.74) is 0.374. The summed E-state index contributed by atoms with van der Waals surface area (Å²) in [5.74, 6) is 1.97. The molecule has 3 aliphatic rings. The van der Waals surface area contributed by atoms with Crippen molar-refractivity contribution in [2.75, 3.05) is 0 Å². The molecule has 4 atom stereocenters. The summed E-state index contributed by atoms with van der Waals surface area (Å²) in [6.45, 7) is 9.31. The molecule has 0 radical (unpaired) electrons. The number of allylic oxidation sites excluding steroid dienone is 2. The lowest BCUT2D eigenvalue weighted by molar-refractivity contribution is -0.127. The van der Waals surface area contributed by atoms with Crippen molar-refractivity contribution < 1.29 is 4.79 Å². The Morgan fingerprint density at radius 2 is 1.94 bits per heavy atom. The van der Waals surface area contributed by atoms with Crippen molar-refractivity contribution in [3.8, 4) is 0 Å². The van der Waals surface area contributed by atoms with Crippen molar-refractivity contribution in [1.82, 2.24) is 0 Å². The van der Waals surface area contributed by atoms with Gasteiger partial charge in [0, 0.05) is 6.42 Å². The summed E-state index contributed by atoms with van der Waals surface area (Å²) in [6.07, 6.45) is 9.15. The topological polar surface area (TPSA) is 17.1 Å². The van der Waals surface area contributed by atoms with Crippen LogP contribution in [-0.4, -0.2) is 5.78 Å². The number of carbonyl (C=O) groups excluding carboxylic acids is 1. The van der Waals surface area contributed by atoms with Gasteiger partial charge in [-0.15, -0.1) is 0 Å². The highest BCUT2D eigenvalue weighted by Crippen LogP contribution is 2.74. The molecule has 0 aromatic rings. The fourth-order valence-electron chi connectivity index (χ4n) is 5.55. The molecule has 0 bridgehead atoms. The van der Waals surface area contributed by atoms with Gasteiger partial charge >= 0.3 is 0 Å². The van der Waals surface area contributed by atoms with Gasteiger partial charge < -0.3 is 0 Å². The van der Waals surface area contributed by atoms with Gasteiger partial charge in [-0.2, -0.15) is 0 Å². The highest BCUT2D eigenvalue weighted by molar-refractivity contribution is 5.91. The summed E-state index contributed by atoms with van der Waals surface area (Å²) in [5, 5.41) is 0. The van der Waals surface area contributed by atoms with Crippen LogP contribution in [0.25, 0.3) is 0 Å². The molecule has 0 saturated heterocycles. The average molecular weight is 232 g/mol. The van der Waals surface area contributed by atoms with Crippen molar-refractivity contribution in [3.63, 3.8) is 0 Å². The van der Waals surface area contributed by atoms with E-state index in [2.05, 4.69) is 39.8 Å². The van der Waals surface area contributed by atoms with E-state index in [-0.39, 0.29) is 16.2 Å². The molecule has 3 rings (SSSR count). The van der Waals surface area contributed by atoms with Gasteiger partial charge in [0.15, 0.2) is 0 Å². The zero-order valence-corrected chi connectivity index (χ0v) is 11.5. The Kier molecular flexibility index (Phi) is 2.06. The SMILES string of the molecule is CC(C)[C@H]1CC[C@]23CCC(=O)[C@@]2(C)C=C[C@]13C. The molecule has 0 aromatic heterocycles. The van der Waals surface area contributed by atoms with E-state index in [1.165, 1.54) is 12.8 Å². The van der Waals surface area contributed by atoms with E-state index in [0.717, 1.165) is 24.7 Å². The molecular weight excluding hydrogens is 208 g/mol. The lowest BCUT2D eigenvalue weighted by atomic mass is 9.57. The van der Waals surface area contributed by atoms with Crippen molar-refractivity contribution in [1.29, 1.82) is 0 Å². The first-order chi connectivity index (χ1) is 7.87. The Hall–Kier alpha value is -0.590. The maximum Gasteiger partial charge on any atom is 0.143 e. The first-order valence-electron chi connectivity index (χ1n) is 7.11. The number of Topliss-reactive ketones (excluding diaryl/α,β-unsaturated/α-hetero) is 1. The van der Waals surface area contributed by atoms with Gasteiger partial charge in [0.05, 0.1) is 5.41 Å². The molecule has 3 aliphatic carbocycles. The van der Waals surface area contributed by atoms with E-state index in [4.69, 9.17) is 0 Å². The summed E-state index contributed by atoms with van der Waals surface area (Å²) in [7, 11) is 0. The maximum atomic E-state index is 12.3. The van der Waals surface area contributed by atoms with Crippen LogP contribution < -0.4 is 0 Å². The van der Waals surface area contributed by atoms with Crippen molar-refractivity contribution in [2.45, 2.75) is 53.4 Å². The van der Waals surface area contributed by atoms with Crippen LogP contribution >= 0.6 is 0 Å². The normalized spacial score (nSPS) is 52.3. The molecule has 17 heavy (non-hydrogen) atoms. The smallest absolute Gasteiger partial charge is 0.143 e. The van der Waals surface area contributed by atoms with Gasteiger partial charge in [-0.25, -0.2) is 0 Å². The van der Waals surface area contributed by atoms with Gasteiger partial charge in [0.25, 0.3) is 0 Å². The van der Waals surface area contributed by atoms with E-state index >= 15 is 0 Å². The van der Waals surface area contributed by atoms with Crippen molar-refractivity contribution in [2.24, 2.45) is 28.1 Å². The standard InChI is InChI=1S/C16H24O/c1-11(2)12-5-7-16-8-6-13(17)15(16,4)10-9-14(12,16)3/h9-12H,5-8H2,1-4H3/t12-,14-,15-,16-/m1/s1. The third-order valence-electron chi connectivity index (χ3n) is 6.60. The van der Waals surface area contributed by atoms with Crippen LogP contribution in [0.5, 0.6) is 0 Å².